The number of rotatable bonds is 4. The van der Waals surface area contributed by atoms with Gasteiger partial charge in [0.05, 0.1) is 5.56 Å². The number of carbonyl (C=O) groups is 1. The van der Waals surface area contributed by atoms with Gasteiger partial charge in [-0.25, -0.2) is 9.78 Å². The smallest absolute Gasteiger partial charge is 0.335 e. The van der Waals surface area contributed by atoms with E-state index in [1.165, 1.54) is 12.4 Å². The van der Waals surface area contributed by atoms with Crippen molar-refractivity contribution in [2.24, 2.45) is 7.05 Å². The highest BCUT2D eigenvalue weighted by atomic mass is 16.5. The number of ether oxygens (including phenoxy) is 1. The molecule has 0 atom stereocenters. The van der Waals surface area contributed by atoms with Crippen LogP contribution in [-0.2, 0) is 13.7 Å². The highest BCUT2D eigenvalue weighted by molar-refractivity contribution is 5.89. The Hall–Kier alpha value is -2.37. The van der Waals surface area contributed by atoms with Crippen LogP contribution in [0.4, 0.5) is 0 Å². The predicted octanol–water partition coefficient (Wildman–Crippen LogP) is 1.40. The second kappa shape index (κ2) is 4.87. The third-order valence-corrected chi connectivity index (χ3v) is 2.60. The van der Waals surface area contributed by atoms with Crippen molar-refractivity contribution in [3.63, 3.8) is 0 Å². The van der Waals surface area contributed by atoms with Gasteiger partial charge in [0.25, 0.3) is 0 Å². The summed E-state index contributed by atoms with van der Waals surface area (Å²) in [5.41, 5.74) is 0.943. The zero-order valence-corrected chi connectivity index (χ0v) is 10.1. The average Bonchev–Trinajstić information content (AvgIpc) is 2.72. The van der Waals surface area contributed by atoms with Gasteiger partial charge >= 0.3 is 5.97 Å². The first-order valence-electron chi connectivity index (χ1n) is 5.37. The van der Waals surface area contributed by atoms with Gasteiger partial charge < -0.3 is 9.84 Å². The van der Waals surface area contributed by atoms with Crippen LogP contribution in [0.1, 0.15) is 21.7 Å². The Morgan fingerprint density at radius 2 is 2.28 bits per heavy atom. The summed E-state index contributed by atoms with van der Waals surface area (Å²) in [6.07, 6.45) is 1.46. The summed E-state index contributed by atoms with van der Waals surface area (Å²) < 4.78 is 7.15. The van der Waals surface area contributed by atoms with Crippen molar-refractivity contribution in [2.75, 3.05) is 0 Å². The van der Waals surface area contributed by atoms with E-state index >= 15 is 0 Å². The number of carboxylic acid groups (broad SMARTS) is 1. The van der Waals surface area contributed by atoms with Gasteiger partial charge in [-0.1, -0.05) is 0 Å². The molecule has 0 amide bonds. The Labute approximate surface area is 104 Å². The Morgan fingerprint density at radius 1 is 1.50 bits per heavy atom. The topological polar surface area (TPSA) is 77.2 Å². The zero-order chi connectivity index (χ0) is 13.1. The molecule has 1 aromatic heterocycles. The normalized spacial score (nSPS) is 10.3. The maximum Gasteiger partial charge on any atom is 0.335 e. The minimum Gasteiger partial charge on any atom is -0.486 e. The van der Waals surface area contributed by atoms with Crippen LogP contribution < -0.4 is 4.74 Å². The number of hydrogen-bond donors (Lipinski definition) is 1. The second-order valence-corrected chi connectivity index (χ2v) is 3.87. The number of benzene rings is 1. The highest BCUT2D eigenvalue weighted by Gasteiger charge is 2.08. The van der Waals surface area contributed by atoms with E-state index in [1.807, 2.05) is 0 Å². The van der Waals surface area contributed by atoms with Crippen LogP contribution in [0.25, 0.3) is 0 Å². The predicted molar refractivity (Wildman–Crippen MR) is 63.5 cm³/mol. The van der Waals surface area contributed by atoms with Crippen LogP contribution in [0.5, 0.6) is 5.75 Å². The summed E-state index contributed by atoms with van der Waals surface area (Å²) in [6.45, 7) is 2.03. The molecule has 1 aromatic carbocycles. The molecule has 6 nitrogen and oxygen atoms in total. The molecule has 1 heterocycles. The molecule has 0 aliphatic carbocycles. The van der Waals surface area contributed by atoms with Gasteiger partial charge in [-0.05, 0) is 30.7 Å². The van der Waals surface area contributed by atoms with Crippen LogP contribution in [-0.4, -0.2) is 25.8 Å². The standard InChI is InChI=1S/C12H13N3O3/c1-8-5-9(3-4-10(8)12(16)17)18-6-11-13-7-14-15(11)2/h3-5,7H,6H2,1-2H3,(H,16,17). The lowest BCUT2D eigenvalue weighted by Crippen LogP contribution is -2.05. The number of aryl methyl sites for hydroxylation is 2. The monoisotopic (exact) mass is 247 g/mol. The lowest BCUT2D eigenvalue weighted by Gasteiger charge is -2.07. The summed E-state index contributed by atoms with van der Waals surface area (Å²) in [5.74, 6) is 0.378. The molecule has 94 valence electrons. The fourth-order valence-electron chi connectivity index (χ4n) is 1.56. The molecular weight excluding hydrogens is 234 g/mol. The number of hydrogen-bond acceptors (Lipinski definition) is 4. The van der Waals surface area contributed by atoms with Gasteiger partial charge in [-0.15, -0.1) is 0 Å². The molecule has 2 rings (SSSR count). The molecule has 0 aliphatic rings. The van der Waals surface area contributed by atoms with Crippen LogP contribution >= 0.6 is 0 Å². The molecule has 6 heteroatoms. The minimum atomic E-state index is -0.938. The first-order chi connectivity index (χ1) is 8.58. The summed E-state index contributed by atoms with van der Waals surface area (Å²) in [4.78, 5) is 14.9. The molecule has 0 aliphatic heterocycles. The average molecular weight is 247 g/mol. The first kappa shape index (κ1) is 12.1. The molecule has 0 fully saturated rings. The molecule has 1 N–H and O–H groups in total. The van der Waals surface area contributed by atoms with Crippen LogP contribution in [0.3, 0.4) is 0 Å². The van der Waals surface area contributed by atoms with E-state index in [0.717, 1.165) is 0 Å². The lowest BCUT2D eigenvalue weighted by atomic mass is 10.1. The zero-order valence-electron chi connectivity index (χ0n) is 10.1. The van der Waals surface area contributed by atoms with Gasteiger partial charge in [0.2, 0.25) is 0 Å². The molecule has 0 radical (unpaired) electrons. The molecule has 0 spiro atoms. The summed E-state index contributed by atoms with van der Waals surface area (Å²) in [7, 11) is 1.78. The molecule has 18 heavy (non-hydrogen) atoms. The number of carboxylic acids is 1. The number of aromatic carboxylic acids is 1. The van der Waals surface area contributed by atoms with Crippen LogP contribution in [0.15, 0.2) is 24.5 Å². The molecular formula is C12H13N3O3. The van der Waals surface area contributed by atoms with Gasteiger partial charge in [0, 0.05) is 7.05 Å². The SMILES string of the molecule is Cc1cc(OCc2ncnn2C)ccc1C(=O)O. The Bertz CT molecular complexity index is 578. The Balaban J connectivity index is 2.09. The van der Waals surface area contributed by atoms with Crippen molar-refractivity contribution in [1.29, 1.82) is 0 Å². The molecule has 0 saturated carbocycles. The van der Waals surface area contributed by atoms with E-state index in [-0.39, 0.29) is 5.56 Å². The first-order valence-corrected chi connectivity index (χ1v) is 5.37. The maximum atomic E-state index is 10.9. The van der Waals surface area contributed by atoms with Crippen LogP contribution in [0.2, 0.25) is 0 Å². The van der Waals surface area contributed by atoms with Crippen molar-refractivity contribution >= 4 is 5.97 Å². The number of aromatic nitrogens is 3. The van der Waals surface area contributed by atoms with Crippen molar-refractivity contribution in [3.05, 3.63) is 41.5 Å². The molecule has 0 unspecified atom stereocenters. The lowest BCUT2D eigenvalue weighted by molar-refractivity contribution is 0.0696. The Kier molecular flexibility index (Phi) is 3.27. The van der Waals surface area contributed by atoms with Gasteiger partial charge in [0.1, 0.15) is 18.7 Å². The maximum absolute atomic E-state index is 10.9. The molecule has 2 aromatic rings. The fraction of sp³-hybridized carbons (Fsp3) is 0.250. The third kappa shape index (κ3) is 2.48. The summed E-state index contributed by atoms with van der Waals surface area (Å²) in [6, 6.07) is 4.86. The van der Waals surface area contributed by atoms with E-state index in [9.17, 15) is 4.79 Å². The van der Waals surface area contributed by atoms with E-state index in [2.05, 4.69) is 10.1 Å². The fourth-order valence-corrected chi connectivity index (χ4v) is 1.56. The minimum absolute atomic E-state index is 0.279. The van der Waals surface area contributed by atoms with E-state index in [1.54, 1.807) is 30.8 Å². The molecule has 0 bridgehead atoms. The third-order valence-electron chi connectivity index (χ3n) is 2.60. The van der Waals surface area contributed by atoms with Crippen molar-refractivity contribution < 1.29 is 14.6 Å². The van der Waals surface area contributed by atoms with Gasteiger partial charge in [-0.3, -0.25) is 4.68 Å². The van der Waals surface area contributed by atoms with Gasteiger partial charge in [-0.2, -0.15) is 5.10 Å². The van der Waals surface area contributed by atoms with E-state index in [4.69, 9.17) is 9.84 Å². The van der Waals surface area contributed by atoms with Crippen molar-refractivity contribution in [3.8, 4) is 5.75 Å². The van der Waals surface area contributed by atoms with E-state index in [0.29, 0.717) is 23.7 Å². The summed E-state index contributed by atoms with van der Waals surface area (Å²) >= 11 is 0. The molecule has 0 saturated heterocycles. The highest BCUT2D eigenvalue weighted by Crippen LogP contribution is 2.18. The van der Waals surface area contributed by atoms with Crippen LogP contribution in [0, 0.1) is 6.92 Å². The van der Waals surface area contributed by atoms with E-state index < -0.39 is 5.97 Å². The summed E-state index contributed by atoms with van der Waals surface area (Å²) in [5, 5.41) is 12.8. The second-order valence-electron chi connectivity index (χ2n) is 3.87. The Morgan fingerprint density at radius 3 is 2.83 bits per heavy atom. The number of nitrogens with zero attached hydrogens (tertiary/aromatic N) is 3. The largest absolute Gasteiger partial charge is 0.486 e. The van der Waals surface area contributed by atoms with Crippen molar-refractivity contribution in [2.45, 2.75) is 13.5 Å². The van der Waals surface area contributed by atoms with Crippen molar-refractivity contribution in [1.82, 2.24) is 14.8 Å². The van der Waals surface area contributed by atoms with Gasteiger partial charge in [0.15, 0.2) is 5.82 Å². The quantitative estimate of drug-likeness (QED) is 0.883.